The molecule has 10 heteroatoms. The van der Waals surface area contributed by atoms with Crippen molar-refractivity contribution >= 4 is 44.9 Å². The number of carbonyl (C=O) groups is 2. The average molecular weight is 843 g/mol. The summed E-state index contributed by atoms with van der Waals surface area (Å²) in [6, 6.07) is 24.2. The van der Waals surface area contributed by atoms with Gasteiger partial charge in [0.15, 0.2) is 2.82 Å². The normalized spacial score (nSPS) is 14.2. The second-order valence-corrected chi connectivity index (χ2v) is 16.0. The average Bonchev–Trinajstić information content (AvgIpc) is 3.89. The van der Waals surface area contributed by atoms with Gasteiger partial charge in [0.05, 0.1) is 13.1 Å². The van der Waals surface area contributed by atoms with Crippen molar-refractivity contribution in [3.05, 3.63) is 107 Å². The zero-order valence-corrected chi connectivity index (χ0v) is 37.7. The van der Waals surface area contributed by atoms with Crippen LogP contribution in [0.1, 0.15) is 132 Å². The number of nitrogens with one attached hydrogen (secondary N) is 4. The highest BCUT2D eigenvalue weighted by molar-refractivity contribution is 5.87. The molecule has 61 heavy (non-hydrogen) atoms. The predicted octanol–water partition coefficient (Wildman–Crippen LogP) is 13.1. The Bertz CT molecular complexity index is 2360. The van der Waals surface area contributed by atoms with Crippen LogP contribution in [0, 0.1) is 0 Å². The molecule has 0 aliphatic carbocycles. The first-order valence-electron chi connectivity index (χ1n) is 22.5. The molecule has 0 fully saturated rings. The molecule has 4 N–H and O–H groups in total. The minimum atomic E-state index is -0.485. The minimum absolute atomic E-state index is 0. The Morgan fingerprint density at radius 2 is 0.934 bits per heavy atom. The van der Waals surface area contributed by atoms with Crippen molar-refractivity contribution in [1.29, 1.82) is 0 Å². The van der Waals surface area contributed by atoms with E-state index in [2.05, 4.69) is 28.5 Å². The fourth-order valence-corrected chi connectivity index (χ4v) is 7.24. The second kappa shape index (κ2) is 23.7. The number of hydrogen-bond donors (Lipinski definition) is 4. The van der Waals surface area contributed by atoms with E-state index >= 15 is 0 Å². The van der Waals surface area contributed by atoms with Gasteiger partial charge < -0.3 is 39.5 Å². The summed E-state index contributed by atoms with van der Waals surface area (Å²) in [4.78, 5) is 34.4. The van der Waals surface area contributed by atoms with E-state index in [1.54, 1.807) is 14.8 Å². The highest BCUT2D eigenvalue weighted by Crippen LogP contribution is 2.30. The minimum Gasteiger partial charge on any atom is -0.444 e. The first-order chi connectivity index (χ1) is 29.2. The number of amides is 2. The topological polar surface area (TPSA) is 118 Å². The van der Waals surface area contributed by atoms with Crippen molar-refractivity contribution < 1.29 is 21.9 Å². The maximum absolute atomic E-state index is 12.2. The van der Waals surface area contributed by atoms with Crippen molar-refractivity contribution in [2.45, 2.75) is 148 Å². The number of aromatic amines is 3. The van der Waals surface area contributed by atoms with Gasteiger partial charge in [-0.15, -0.1) is 0 Å². The maximum atomic E-state index is 12.2. The quantitative estimate of drug-likeness (QED) is 0.121. The molecule has 6 heterocycles. The number of H-pyrrole nitrogens is 3. The van der Waals surface area contributed by atoms with Crippen LogP contribution in [-0.2, 0) is 48.4 Å². The van der Waals surface area contributed by atoms with E-state index in [0.717, 1.165) is 59.1 Å². The smallest absolute Gasteiger partial charge is 0.410 e. The summed E-state index contributed by atoms with van der Waals surface area (Å²) in [6.07, 6.45) is 1.99. The van der Waals surface area contributed by atoms with E-state index < -0.39 is 11.2 Å². The molecule has 6 aromatic rings. The molecule has 9 rings (SSSR count). The van der Waals surface area contributed by atoms with Crippen molar-refractivity contribution in [1.82, 2.24) is 30.1 Å². The van der Waals surface area contributed by atoms with Gasteiger partial charge >= 0.3 is 12.2 Å². The molecule has 0 bridgehead atoms. The fourth-order valence-electron chi connectivity index (χ4n) is 7.24. The van der Waals surface area contributed by atoms with E-state index in [9.17, 15) is 9.59 Å². The number of para-hydroxylation sites is 3. The monoisotopic (exact) mass is 843 g/mol. The third-order valence-corrected chi connectivity index (χ3v) is 9.66. The number of hydrogen-bond acceptors (Lipinski definition) is 5. The molecule has 3 aliphatic rings. The summed E-state index contributed by atoms with van der Waals surface area (Å²) in [5.41, 5.74) is 9.14. The van der Waals surface area contributed by atoms with Crippen molar-refractivity contribution in [3.63, 3.8) is 0 Å². The van der Waals surface area contributed by atoms with E-state index in [1.165, 1.54) is 38.3 Å². The second-order valence-electron chi connectivity index (χ2n) is 16.0. The number of ether oxygens (including phenoxy) is 2. The first kappa shape index (κ1) is 48.4. The summed E-state index contributed by atoms with van der Waals surface area (Å²) in [7, 11) is 0. The van der Waals surface area contributed by atoms with Crippen LogP contribution in [0.25, 0.3) is 32.7 Å². The van der Waals surface area contributed by atoms with Crippen LogP contribution < -0.4 is 5.32 Å². The molecule has 3 aromatic heterocycles. The van der Waals surface area contributed by atoms with Crippen molar-refractivity contribution in [2.24, 2.45) is 0 Å². The van der Waals surface area contributed by atoms with E-state index in [-0.39, 0.29) is 27.0 Å². The number of carbonyl (C=O) groups excluding carboxylic acids is 2. The lowest BCUT2D eigenvalue weighted by Gasteiger charge is -2.30. The van der Waals surface area contributed by atoms with Crippen LogP contribution in [0.4, 0.5) is 9.59 Å². The molecule has 0 saturated heterocycles. The Morgan fingerprint density at radius 3 is 1.41 bits per heavy atom. The van der Waals surface area contributed by atoms with Crippen LogP contribution in [0.3, 0.4) is 0 Å². The van der Waals surface area contributed by atoms with Gasteiger partial charge in [-0.1, -0.05) is 111 Å². The Balaban J connectivity index is 0.000000306. The summed E-state index contributed by atoms with van der Waals surface area (Å²) >= 11 is 0. The Kier molecular flexibility index (Phi) is 18.8. The van der Waals surface area contributed by atoms with Gasteiger partial charge in [-0.3, -0.25) is 0 Å². The molecule has 3 aliphatic heterocycles. The van der Waals surface area contributed by atoms with Gasteiger partial charge in [-0.25, -0.2) is 9.59 Å². The Hall–Kier alpha value is -5.22. The number of benzene rings is 3. The molecule has 3 aromatic carbocycles. The first-order valence-corrected chi connectivity index (χ1v) is 21.6. The highest BCUT2D eigenvalue weighted by Gasteiger charge is 2.29. The summed E-state index contributed by atoms with van der Waals surface area (Å²) in [6.45, 7) is 27.6. The zero-order valence-electron chi connectivity index (χ0n) is 39.7. The number of aromatic nitrogens is 3. The lowest BCUT2D eigenvalue weighted by Crippen LogP contribution is -2.39. The molecule has 0 radical (unpaired) electrons. The van der Waals surface area contributed by atoms with E-state index in [0.29, 0.717) is 32.6 Å². The molecule has 0 spiro atoms. The number of nitrogens with zero attached hydrogens (tertiary/aromatic N) is 2. The van der Waals surface area contributed by atoms with Gasteiger partial charge in [-0.05, 0) is 65.3 Å². The summed E-state index contributed by atoms with van der Waals surface area (Å²) in [5.74, 6) is 0. The molecule has 336 valence electrons. The largest absolute Gasteiger partial charge is 0.444 e. The number of rotatable bonds is 0. The molecular weight excluding hydrogens is 761 g/mol. The van der Waals surface area contributed by atoms with Crippen molar-refractivity contribution in [2.75, 3.05) is 19.6 Å². The third kappa shape index (κ3) is 13.4. The van der Waals surface area contributed by atoms with Gasteiger partial charge in [0.1, 0.15) is 11.2 Å². The maximum Gasteiger partial charge on any atom is 0.410 e. The van der Waals surface area contributed by atoms with Gasteiger partial charge in [0.2, 0.25) is 0 Å². The summed E-state index contributed by atoms with van der Waals surface area (Å²) < 4.78 is 27.1. The standard InChI is InChI=1S/2C16H20N2O2.C11H12N2.3C2H6.2CH4/c2*1-16(2,3)20-15(19)18-9-8-14-12(10-18)11-6-4-5-7-13(11)17-14;1-2-4-10-8(3-1)9-7-12-6-5-11(9)13-10;3*1-2;;/h2*4-7,17H,8-10H2,1-3H3;1-4,12-13H,5-7H2;3*1-2H3;2*1H4/i/hT2. The Morgan fingerprint density at radius 1 is 0.557 bits per heavy atom. The predicted molar refractivity (Wildman–Crippen MR) is 259 cm³/mol. The van der Waals surface area contributed by atoms with Crippen LogP contribution in [0.15, 0.2) is 72.8 Å². The van der Waals surface area contributed by atoms with Crippen molar-refractivity contribution in [3.8, 4) is 0 Å². The third-order valence-electron chi connectivity index (χ3n) is 9.66. The number of fused-ring (bicyclic) bond motifs is 9. The zero-order chi connectivity index (χ0) is 45.1. The summed E-state index contributed by atoms with van der Waals surface area (Å²) in [5, 5.41) is 6.83. The molecular formula is C51H78N6O4. The molecule has 0 unspecified atom stereocenters. The van der Waals surface area contributed by atoms with Gasteiger partial charge in [-0.2, -0.15) is 0 Å². The van der Waals surface area contributed by atoms with Crippen LogP contribution in [0.2, 0.25) is 2.82 Å². The lowest BCUT2D eigenvalue weighted by atomic mass is 10.1. The molecule has 0 saturated carbocycles. The lowest BCUT2D eigenvalue weighted by molar-refractivity contribution is 0.0214. The van der Waals surface area contributed by atoms with Crippen LogP contribution in [-0.4, -0.2) is 67.8 Å². The van der Waals surface area contributed by atoms with Gasteiger partial charge in [0, 0.05) is 106 Å². The van der Waals surface area contributed by atoms with E-state index in [4.69, 9.17) is 12.3 Å². The SMILES string of the molecule is C.C.CC.CC.CC.CC(C)(C)OC(=O)N1CCc2[nH]c3ccccc3c2C1.[3H]n1c2c(c3ccccc31)CN(C(=O)OC(C)(C)C)CC2.[3H]n1c2c(c3ccccc31)CNCC2. The molecule has 10 nitrogen and oxygen atoms in total. The van der Waals surface area contributed by atoms with Crippen LogP contribution in [0.5, 0.6) is 0 Å². The molecule has 0 atom stereocenters. The van der Waals surface area contributed by atoms with Gasteiger partial charge in [0.25, 0.3) is 0 Å². The van der Waals surface area contributed by atoms with Crippen LogP contribution >= 0.6 is 0 Å². The molecule has 2 amide bonds. The van der Waals surface area contributed by atoms with E-state index in [1.807, 2.05) is 138 Å². The Labute approximate surface area is 370 Å². The fraction of sp³-hybridized carbons (Fsp3) is 0.490. The highest BCUT2D eigenvalue weighted by atomic mass is 16.6.